The summed E-state index contributed by atoms with van der Waals surface area (Å²) in [6, 6.07) is 0. The lowest BCUT2D eigenvalue weighted by molar-refractivity contribution is -0.132. The van der Waals surface area contributed by atoms with Gasteiger partial charge < -0.3 is 29.8 Å². The fourth-order valence-corrected chi connectivity index (χ4v) is 3.11. The molecule has 0 aromatic carbocycles. The zero-order valence-corrected chi connectivity index (χ0v) is 20.2. The van der Waals surface area contributed by atoms with Crippen LogP contribution in [-0.2, 0) is 9.36 Å². The van der Waals surface area contributed by atoms with Crippen molar-refractivity contribution in [2.75, 3.05) is 26.3 Å². The van der Waals surface area contributed by atoms with E-state index in [4.69, 9.17) is 29.5 Å². The first-order valence-corrected chi connectivity index (χ1v) is 13.3. The molecule has 0 aromatic rings. The van der Waals surface area contributed by atoms with Gasteiger partial charge in [-0.2, -0.15) is 0 Å². The van der Waals surface area contributed by atoms with Crippen LogP contribution in [-0.4, -0.2) is 62.0 Å². The summed E-state index contributed by atoms with van der Waals surface area (Å²) < 4.78 is 8.88. The fourth-order valence-electron chi connectivity index (χ4n) is 3.11. The lowest BCUT2D eigenvalue weighted by Gasteiger charge is -2.20. The minimum Gasteiger partial charge on any atom is -0.395 e. The van der Waals surface area contributed by atoms with E-state index < -0.39 is 7.82 Å². The van der Waals surface area contributed by atoms with Crippen molar-refractivity contribution in [1.29, 1.82) is 0 Å². The molecular weight excluding hydrogens is 421 g/mol. The van der Waals surface area contributed by atoms with Crippen molar-refractivity contribution in [3.05, 3.63) is 12.2 Å². The molecule has 186 valence electrons. The van der Waals surface area contributed by atoms with Gasteiger partial charge >= 0.3 is 7.82 Å². The quantitative estimate of drug-likeness (QED) is 0.110. The molecule has 31 heavy (non-hydrogen) atoms. The summed E-state index contributed by atoms with van der Waals surface area (Å²) in [5, 5.41) is 17.9. The van der Waals surface area contributed by atoms with Gasteiger partial charge in [-0.1, -0.05) is 70.4 Å². The van der Waals surface area contributed by atoms with Crippen LogP contribution in [0.25, 0.3) is 0 Å². The standard InChI is InChI=1S/C22H43NO3.H3O4P/c1-2-3-4-5-6-7-8-9-10-11-12-13-14-15-16-17-22(26)23(18-20-24)19-21-25;1-5(2,3)4/h9-10,24-25H,2-8,11-21H2,1H3;(H3,1,2,3,4)/b10-9-;. The first-order valence-electron chi connectivity index (χ1n) is 11.7. The molecule has 9 heteroatoms. The normalized spacial score (nSPS) is 11.4. The molecule has 0 aliphatic heterocycles. The number of unbranched alkanes of at least 4 members (excludes halogenated alkanes) is 11. The Balaban J connectivity index is 0. The van der Waals surface area contributed by atoms with Gasteiger partial charge in [-0.15, -0.1) is 0 Å². The van der Waals surface area contributed by atoms with Crippen LogP contribution < -0.4 is 0 Å². The number of carbonyl (C=O) groups is 1. The van der Waals surface area contributed by atoms with Crippen molar-refractivity contribution in [3.63, 3.8) is 0 Å². The molecule has 0 radical (unpaired) electrons. The molecule has 0 saturated carbocycles. The van der Waals surface area contributed by atoms with Crippen LogP contribution in [0.5, 0.6) is 0 Å². The molecule has 0 fully saturated rings. The van der Waals surface area contributed by atoms with Crippen LogP contribution in [0, 0.1) is 0 Å². The van der Waals surface area contributed by atoms with E-state index in [1.54, 1.807) is 4.90 Å². The molecule has 0 aliphatic carbocycles. The van der Waals surface area contributed by atoms with Crippen molar-refractivity contribution < 1.29 is 34.3 Å². The van der Waals surface area contributed by atoms with Gasteiger partial charge in [-0.25, -0.2) is 4.57 Å². The molecule has 8 nitrogen and oxygen atoms in total. The van der Waals surface area contributed by atoms with Crippen molar-refractivity contribution in [2.45, 2.75) is 96.8 Å². The van der Waals surface area contributed by atoms with Crippen LogP contribution in [0.15, 0.2) is 12.2 Å². The number of amides is 1. The van der Waals surface area contributed by atoms with Gasteiger partial charge in [0, 0.05) is 19.5 Å². The molecule has 0 unspecified atom stereocenters. The maximum Gasteiger partial charge on any atom is 0.466 e. The Bertz CT molecular complexity index is 455. The summed E-state index contributed by atoms with van der Waals surface area (Å²) >= 11 is 0. The summed E-state index contributed by atoms with van der Waals surface area (Å²) in [4.78, 5) is 35.1. The van der Waals surface area contributed by atoms with Crippen molar-refractivity contribution in [1.82, 2.24) is 4.90 Å². The minimum atomic E-state index is -4.64. The van der Waals surface area contributed by atoms with Crippen LogP contribution in [0.3, 0.4) is 0 Å². The molecule has 1 amide bonds. The maximum atomic E-state index is 12.0. The number of aliphatic hydroxyl groups is 2. The maximum absolute atomic E-state index is 12.0. The van der Waals surface area contributed by atoms with E-state index in [-0.39, 0.29) is 19.1 Å². The van der Waals surface area contributed by atoms with Crippen molar-refractivity contribution in [3.8, 4) is 0 Å². The minimum absolute atomic E-state index is 0.0435. The number of carbonyl (C=O) groups excluding carboxylic acids is 1. The summed E-state index contributed by atoms with van der Waals surface area (Å²) in [5.74, 6) is 0.0470. The lowest BCUT2D eigenvalue weighted by atomic mass is 10.1. The Hall–Kier alpha value is -0.760. The summed E-state index contributed by atoms with van der Waals surface area (Å²) in [6.45, 7) is 2.82. The highest BCUT2D eigenvalue weighted by atomic mass is 31.2. The topological polar surface area (TPSA) is 139 Å². The predicted molar refractivity (Wildman–Crippen MR) is 124 cm³/mol. The summed E-state index contributed by atoms with van der Waals surface area (Å²) in [7, 11) is -4.64. The second-order valence-corrected chi connectivity index (χ2v) is 8.70. The Kier molecular flexibility index (Phi) is 25.0. The highest BCUT2D eigenvalue weighted by Gasteiger charge is 2.11. The molecule has 0 atom stereocenters. The van der Waals surface area contributed by atoms with Crippen molar-refractivity contribution >= 4 is 13.7 Å². The largest absolute Gasteiger partial charge is 0.466 e. The number of nitrogens with zero attached hydrogens (tertiary/aromatic N) is 1. The lowest BCUT2D eigenvalue weighted by Crippen LogP contribution is -2.35. The van der Waals surface area contributed by atoms with Gasteiger partial charge in [0.1, 0.15) is 0 Å². The molecule has 0 heterocycles. The van der Waals surface area contributed by atoms with Crippen molar-refractivity contribution in [2.24, 2.45) is 0 Å². The van der Waals surface area contributed by atoms with E-state index in [1.165, 1.54) is 70.6 Å². The monoisotopic (exact) mass is 467 g/mol. The molecule has 0 spiro atoms. The zero-order chi connectivity index (χ0) is 23.8. The zero-order valence-electron chi connectivity index (χ0n) is 19.3. The molecule has 0 bridgehead atoms. The van der Waals surface area contributed by atoms with E-state index >= 15 is 0 Å². The molecule has 0 aromatic heterocycles. The van der Waals surface area contributed by atoms with E-state index in [2.05, 4.69) is 19.1 Å². The number of allylic oxidation sites excluding steroid dienone is 2. The Morgan fingerprint density at radius 1 is 0.742 bits per heavy atom. The highest BCUT2D eigenvalue weighted by molar-refractivity contribution is 7.45. The second kappa shape index (κ2) is 23.9. The third-order valence-corrected chi connectivity index (χ3v) is 4.74. The smallest absolute Gasteiger partial charge is 0.395 e. The van der Waals surface area contributed by atoms with E-state index in [9.17, 15) is 4.79 Å². The first-order chi connectivity index (χ1) is 14.8. The number of hydrogen-bond donors (Lipinski definition) is 5. The number of rotatable bonds is 19. The molecule has 5 N–H and O–H groups in total. The third-order valence-electron chi connectivity index (χ3n) is 4.74. The van der Waals surface area contributed by atoms with E-state index in [0.717, 1.165) is 12.8 Å². The van der Waals surface area contributed by atoms with Crippen LogP contribution in [0.4, 0.5) is 0 Å². The molecule has 0 aliphatic rings. The van der Waals surface area contributed by atoms with Gasteiger partial charge in [0.05, 0.1) is 13.2 Å². The van der Waals surface area contributed by atoms with Gasteiger partial charge in [0.15, 0.2) is 0 Å². The average Bonchev–Trinajstić information content (AvgIpc) is 2.69. The Morgan fingerprint density at radius 2 is 1.13 bits per heavy atom. The fraction of sp³-hybridized carbons (Fsp3) is 0.864. The first kappa shape index (κ1) is 32.4. The van der Waals surface area contributed by atoms with Gasteiger partial charge in [0.25, 0.3) is 0 Å². The highest BCUT2D eigenvalue weighted by Crippen LogP contribution is 2.25. The Labute approximate surface area is 188 Å². The van der Waals surface area contributed by atoms with Gasteiger partial charge in [0.2, 0.25) is 5.91 Å². The second-order valence-electron chi connectivity index (χ2n) is 7.68. The molecular formula is C22H46NO7P. The number of phosphoric acid groups is 1. The molecule has 0 rings (SSSR count). The number of hydrogen-bond acceptors (Lipinski definition) is 4. The predicted octanol–water partition coefficient (Wildman–Crippen LogP) is 3.91. The van der Waals surface area contributed by atoms with Crippen LogP contribution in [0.1, 0.15) is 96.8 Å². The summed E-state index contributed by atoms with van der Waals surface area (Å²) in [6.07, 6.45) is 21.4. The van der Waals surface area contributed by atoms with E-state index in [1.807, 2.05) is 0 Å². The van der Waals surface area contributed by atoms with Gasteiger partial charge in [-0.3, -0.25) is 4.79 Å². The average molecular weight is 468 g/mol. The van der Waals surface area contributed by atoms with Crippen LogP contribution in [0.2, 0.25) is 0 Å². The van der Waals surface area contributed by atoms with Gasteiger partial charge in [-0.05, 0) is 32.1 Å². The van der Waals surface area contributed by atoms with E-state index in [0.29, 0.717) is 19.5 Å². The summed E-state index contributed by atoms with van der Waals surface area (Å²) in [5.41, 5.74) is 0. The Morgan fingerprint density at radius 3 is 1.55 bits per heavy atom. The number of aliphatic hydroxyl groups excluding tert-OH is 2. The molecule has 0 saturated heterocycles. The SMILES string of the molecule is CCCCCCCC/C=C\CCCCCCCC(=O)N(CCO)CCO.O=P(O)(O)O. The third kappa shape index (κ3) is 31.5. The van der Waals surface area contributed by atoms with Crippen LogP contribution >= 0.6 is 7.82 Å².